The van der Waals surface area contributed by atoms with Crippen molar-refractivity contribution in [1.82, 2.24) is 0 Å². The lowest BCUT2D eigenvalue weighted by Crippen LogP contribution is -3.00. The smallest absolute Gasteiger partial charge is 0.169 e. The Kier molecular flexibility index (Phi) is 28.5. The molecule has 1 aromatic heterocycles. The molecule has 0 fully saturated rings. The van der Waals surface area contributed by atoms with E-state index in [1.807, 2.05) is 0 Å². The molecule has 1 aromatic carbocycles. The van der Waals surface area contributed by atoms with E-state index >= 15 is 0 Å². The molecule has 268 valence electrons. The standard InChI is InChI=1S/C44H74N2.HI/c1-4-6-8-10-12-14-16-18-20-22-24-26-28-30-41(40-34-36-46(3)37-35-40)38-43-32-33-44(45)39-42(43)31-29-27-25-23-21-19-17-15-13-11-9-7-5-2;/h32-39,45H,4-31H2,1-3H3;1H. The number of aryl methyl sites for hydroxylation is 2. The number of halogens is 1. The van der Waals surface area contributed by atoms with Crippen LogP contribution in [0, 0.1) is 0 Å². The lowest BCUT2D eigenvalue weighted by atomic mass is 9.93. The third-order valence-electron chi connectivity index (χ3n) is 9.95. The topological polar surface area (TPSA) is 29.9 Å². The first kappa shape index (κ1) is 43.7. The van der Waals surface area contributed by atoms with Gasteiger partial charge in [-0.3, -0.25) is 0 Å². The number of allylic oxidation sites excluding steroid dienone is 1. The van der Waals surface area contributed by atoms with E-state index in [-0.39, 0.29) is 24.0 Å². The molecular formula is C44H75IN2. The Morgan fingerprint density at radius 3 is 1.40 bits per heavy atom. The number of hydrogen-bond donors (Lipinski definition) is 1. The summed E-state index contributed by atoms with van der Waals surface area (Å²) in [6, 6.07) is 11.2. The van der Waals surface area contributed by atoms with E-state index in [4.69, 9.17) is 5.73 Å². The second-order valence-corrected chi connectivity index (χ2v) is 14.4. The van der Waals surface area contributed by atoms with Gasteiger partial charge in [-0.1, -0.05) is 180 Å². The monoisotopic (exact) mass is 758 g/mol. The van der Waals surface area contributed by atoms with Gasteiger partial charge < -0.3 is 29.7 Å². The number of benzene rings is 1. The van der Waals surface area contributed by atoms with E-state index in [0.717, 1.165) is 18.5 Å². The Balaban J connectivity index is 0.0000110. The van der Waals surface area contributed by atoms with Crippen LogP contribution in [0.5, 0.6) is 0 Å². The van der Waals surface area contributed by atoms with Crippen LogP contribution in [0.2, 0.25) is 0 Å². The molecule has 0 unspecified atom stereocenters. The summed E-state index contributed by atoms with van der Waals surface area (Å²) in [7, 11) is 2.10. The van der Waals surface area contributed by atoms with Crippen LogP contribution in [-0.2, 0) is 13.5 Å². The quantitative estimate of drug-likeness (QED) is 0.0366. The van der Waals surface area contributed by atoms with Crippen molar-refractivity contribution in [3.8, 4) is 0 Å². The Morgan fingerprint density at radius 1 is 0.553 bits per heavy atom. The molecule has 47 heavy (non-hydrogen) atoms. The maximum atomic E-state index is 6.30. The molecule has 0 bridgehead atoms. The fourth-order valence-electron chi connectivity index (χ4n) is 6.85. The Labute approximate surface area is 310 Å². The minimum Gasteiger partial charge on any atom is -1.00 e. The molecule has 0 aliphatic carbocycles. The van der Waals surface area contributed by atoms with Crippen molar-refractivity contribution in [2.24, 2.45) is 7.05 Å². The van der Waals surface area contributed by atoms with Gasteiger partial charge in [0.25, 0.3) is 0 Å². The average Bonchev–Trinajstić information content (AvgIpc) is 3.06. The van der Waals surface area contributed by atoms with Crippen LogP contribution < -0.4 is 34.3 Å². The third kappa shape index (κ3) is 22.8. The summed E-state index contributed by atoms with van der Waals surface area (Å²) in [4.78, 5) is 0. The van der Waals surface area contributed by atoms with E-state index in [9.17, 15) is 0 Å². The highest BCUT2D eigenvalue weighted by atomic mass is 127. The van der Waals surface area contributed by atoms with Crippen molar-refractivity contribution >= 4 is 17.3 Å². The number of aromatic nitrogens is 1. The molecule has 2 rings (SSSR count). The Hall–Kier alpha value is -1.36. The molecule has 0 saturated carbocycles. The van der Waals surface area contributed by atoms with Crippen LogP contribution in [0.1, 0.15) is 204 Å². The van der Waals surface area contributed by atoms with Crippen LogP contribution >= 0.6 is 0 Å². The van der Waals surface area contributed by atoms with E-state index in [0.29, 0.717) is 0 Å². The second kappa shape index (κ2) is 30.7. The molecule has 0 aliphatic rings. The van der Waals surface area contributed by atoms with Crippen LogP contribution in [0.15, 0.2) is 42.7 Å². The van der Waals surface area contributed by atoms with Crippen molar-refractivity contribution < 1.29 is 28.5 Å². The van der Waals surface area contributed by atoms with Crippen molar-refractivity contribution in [3.63, 3.8) is 0 Å². The zero-order valence-corrected chi connectivity index (χ0v) is 33.5. The van der Waals surface area contributed by atoms with Crippen molar-refractivity contribution in [1.29, 1.82) is 0 Å². The van der Waals surface area contributed by atoms with Crippen LogP contribution in [0.3, 0.4) is 0 Å². The van der Waals surface area contributed by atoms with Crippen LogP contribution in [0.25, 0.3) is 11.6 Å². The van der Waals surface area contributed by atoms with Gasteiger partial charge in [0.2, 0.25) is 0 Å². The summed E-state index contributed by atoms with van der Waals surface area (Å²) in [6.07, 6.45) is 45.5. The van der Waals surface area contributed by atoms with Gasteiger partial charge in [0.1, 0.15) is 7.05 Å². The normalized spacial score (nSPS) is 11.6. The minimum absolute atomic E-state index is 0. The number of unbranched alkanes of at least 4 members (excludes halogenated alkanes) is 24. The van der Waals surface area contributed by atoms with Crippen molar-refractivity contribution in [2.45, 2.75) is 194 Å². The molecule has 0 amide bonds. The molecule has 0 spiro atoms. The molecule has 1 heterocycles. The molecule has 3 heteroatoms. The summed E-state index contributed by atoms with van der Waals surface area (Å²) < 4.78 is 2.13. The molecule has 0 radical (unpaired) electrons. The van der Waals surface area contributed by atoms with Gasteiger partial charge in [-0.2, -0.15) is 0 Å². The molecule has 2 aromatic rings. The highest BCUT2D eigenvalue weighted by Gasteiger charge is 2.08. The molecule has 0 atom stereocenters. The molecule has 0 saturated heterocycles. The Morgan fingerprint density at radius 2 is 0.957 bits per heavy atom. The lowest BCUT2D eigenvalue weighted by molar-refractivity contribution is -0.671. The number of nitrogens with two attached hydrogens (primary N) is 1. The van der Waals surface area contributed by atoms with Gasteiger partial charge in [-0.15, -0.1) is 0 Å². The number of pyridine rings is 1. The van der Waals surface area contributed by atoms with Gasteiger partial charge in [-0.05, 0) is 60.1 Å². The van der Waals surface area contributed by atoms with Gasteiger partial charge in [0.05, 0.1) is 0 Å². The predicted molar refractivity (Wildman–Crippen MR) is 206 cm³/mol. The SMILES string of the molecule is CCCCCCCCCCCCCCC/C(=C\c1ccc(N)cc1CCCCCCCCCCCCCCC)c1cc[n+](C)cc1.[I-]. The maximum absolute atomic E-state index is 6.30. The second-order valence-electron chi connectivity index (χ2n) is 14.4. The zero-order chi connectivity index (χ0) is 32.9. The maximum Gasteiger partial charge on any atom is 0.169 e. The average molecular weight is 759 g/mol. The largest absolute Gasteiger partial charge is 1.00 e. The molecule has 0 aliphatic heterocycles. The first-order valence-corrected chi connectivity index (χ1v) is 20.2. The predicted octanol–water partition coefficient (Wildman–Crippen LogP) is 10.8. The highest BCUT2D eigenvalue weighted by Crippen LogP contribution is 2.27. The minimum atomic E-state index is 0. The van der Waals surface area contributed by atoms with Crippen molar-refractivity contribution in [3.05, 3.63) is 59.4 Å². The molecular weight excluding hydrogens is 683 g/mol. The van der Waals surface area contributed by atoms with Crippen molar-refractivity contribution in [2.75, 3.05) is 5.73 Å². The van der Waals surface area contributed by atoms with E-state index in [2.05, 4.69) is 74.3 Å². The van der Waals surface area contributed by atoms with Gasteiger partial charge in [0.15, 0.2) is 12.4 Å². The van der Waals surface area contributed by atoms with Gasteiger partial charge in [-0.25, -0.2) is 4.57 Å². The number of nitrogens with zero attached hydrogens (tertiary/aromatic N) is 1. The van der Waals surface area contributed by atoms with Crippen LogP contribution in [-0.4, -0.2) is 0 Å². The third-order valence-corrected chi connectivity index (χ3v) is 9.95. The summed E-state index contributed by atoms with van der Waals surface area (Å²) in [5.41, 5.74) is 12.8. The molecule has 2 N–H and O–H groups in total. The van der Waals surface area contributed by atoms with Gasteiger partial charge >= 0.3 is 0 Å². The summed E-state index contributed by atoms with van der Waals surface area (Å²) >= 11 is 0. The van der Waals surface area contributed by atoms with Gasteiger partial charge in [0, 0.05) is 17.8 Å². The number of hydrogen-bond acceptors (Lipinski definition) is 1. The fraction of sp³-hybridized carbons (Fsp3) is 0.705. The highest BCUT2D eigenvalue weighted by molar-refractivity contribution is 5.82. The van der Waals surface area contributed by atoms with E-state index in [1.54, 1.807) is 0 Å². The number of rotatable bonds is 30. The number of nitrogen functional groups attached to an aromatic ring is 1. The summed E-state index contributed by atoms with van der Waals surface area (Å²) in [5.74, 6) is 0. The molecule has 2 nitrogen and oxygen atoms in total. The summed E-state index contributed by atoms with van der Waals surface area (Å²) in [6.45, 7) is 4.60. The first-order valence-electron chi connectivity index (χ1n) is 20.2. The zero-order valence-electron chi connectivity index (χ0n) is 31.3. The summed E-state index contributed by atoms with van der Waals surface area (Å²) in [5, 5.41) is 0. The van der Waals surface area contributed by atoms with E-state index < -0.39 is 0 Å². The number of anilines is 1. The van der Waals surface area contributed by atoms with E-state index in [1.165, 1.54) is 189 Å². The fourth-order valence-corrected chi connectivity index (χ4v) is 6.85. The van der Waals surface area contributed by atoms with Crippen LogP contribution in [0.4, 0.5) is 5.69 Å². The Bertz CT molecular complexity index is 1010. The first-order chi connectivity index (χ1) is 22.6. The lowest BCUT2D eigenvalue weighted by Gasteiger charge is -2.12.